The summed E-state index contributed by atoms with van der Waals surface area (Å²) in [5, 5.41) is 0. The third-order valence-corrected chi connectivity index (χ3v) is 9.45. The van der Waals surface area contributed by atoms with Gasteiger partial charge in [-0.3, -0.25) is 0 Å². The third kappa shape index (κ3) is 5.55. The molecule has 0 atom stereocenters. The molecule has 0 unspecified atom stereocenters. The van der Waals surface area contributed by atoms with Gasteiger partial charge in [-0.1, -0.05) is 170 Å². The van der Waals surface area contributed by atoms with Gasteiger partial charge < -0.3 is 4.74 Å². The monoisotopic (exact) mass is 640 g/mol. The van der Waals surface area contributed by atoms with Crippen molar-refractivity contribution in [2.45, 2.75) is 6.61 Å². The minimum Gasteiger partial charge on any atom is -0.488 e. The topological polar surface area (TPSA) is 35.0 Å². The molecule has 0 radical (unpaired) electrons. The van der Waals surface area contributed by atoms with Gasteiger partial charge in [-0.2, -0.15) is 0 Å². The summed E-state index contributed by atoms with van der Waals surface area (Å²) in [6.45, 7) is 0.568. The van der Waals surface area contributed by atoms with Gasteiger partial charge in [0, 0.05) is 22.3 Å². The first-order valence-electron chi connectivity index (χ1n) is 16.9. The Kier molecular flexibility index (Phi) is 7.56. The Hall–Kier alpha value is -6.58. The second kappa shape index (κ2) is 12.8. The zero-order valence-corrected chi connectivity index (χ0v) is 27.3. The van der Waals surface area contributed by atoms with E-state index < -0.39 is 0 Å². The standard InChI is InChI=1S/C47H32N2O/c1-3-12-32(13-4-1)33-22-26-36(27-23-33)43-30-44(41-18-8-7-17-39(41)34-14-5-2-6-15-34)49-47(48-43)37-28-24-35(25-29-37)40-20-11-16-38-31-50-45-21-10-9-19-42(45)46(38)40/h1-30H,31H2. The molecule has 0 saturated carbocycles. The van der Waals surface area contributed by atoms with Crippen LogP contribution in [0.1, 0.15) is 5.56 Å². The number of fused-ring (bicyclic) bond motifs is 3. The van der Waals surface area contributed by atoms with Gasteiger partial charge in [0.2, 0.25) is 0 Å². The van der Waals surface area contributed by atoms with Crippen LogP contribution < -0.4 is 4.74 Å². The van der Waals surface area contributed by atoms with Crippen LogP contribution in [0.3, 0.4) is 0 Å². The van der Waals surface area contributed by atoms with Gasteiger partial charge in [0.25, 0.3) is 0 Å². The number of benzene rings is 7. The van der Waals surface area contributed by atoms with Crippen molar-refractivity contribution in [3.63, 3.8) is 0 Å². The van der Waals surface area contributed by atoms with Crippen molar-refractivity contribution in [3.05, 3.63) is 188 Å². The average molecular weight is 641 g/mol. The van der Waals surface area contributed by atoms with E-state index in [1.54, 1.807) is 0 Å². The van der Waals surface area contributed by atoms with Crippen molar-refractivity contribution in [1.29, 1.82) is 0 Å². The minimum absolute atomic E-state index is 0.568. The zero-order valence-electron chi connectivity index (χ0n) is 27.3. The van der Waals surface area contributed by atoms with Crippen LogP contribution >= 0.6 is 0 Å². The third-order valence-electron chi connectivity index (χ3n) is 9.45. The van der Waals surface area contributed by atoms with E-state index in [2.05, 4.69) is 158 Å². The Bertz CT molecular complexity index is 2450. The fraction of sp³-hybridized carbons (Fsp3) is 0.0213. The summed E-state index contributed by atoms with van der Waals surface area (Å²) in [5.41, 5.74) is 15.4. The molecular weight excluding hydrogens is 609 g/mol. The Morgan fingerprint density at radius 1 is 0.360 bits per heavy atom. The molecule has 7 aromatic carbocycles. The van der Waals surface area contributed by atoms with E-state index in [1.807, 2.05) is 24.3 Å². The number of aromatic nitrogens is 2. The number of hydrogen-bond acceptors (Lipinski definition) is 3. The molecule has 0 saturated heterocycles. The van der Waals surface area contributed by atoms with E-state index in [-0.39, 0.29) is 0 Å². The Morgan fingerprint density at radius 2 is 0.880 bits per heavy atom. The Balaban J connectivity index is 1.15. The first-order chi connectivity index (χ1) is 24.8. The van der Waals surface area contributed by atoms with E-state index in [9.17, 15) is 0 Å². The molecule has 0 aliphatic carbocycles. The molecule has 0 amide bonds. The van der Waals surface area contributed by atoms with Crippen LogP contribution in [0, 0.1) is 0 Å². The minimum atomic E-state index is 0.568. The fourth-order valence-electron chi connectivity index (χ4n) is 6.93. The predicted octanol–water partition coefficient (Wildman–Crippen LogP) is 12.0. The summed E-state index contributed by atoms with van der Waals surface area (Å²) < 4.78 is 6.06. The van der Waals surface area contributed by atoms with Crippen LogP contribution in [0.2, 0.25) is 0 Å². The van der Waals surface area contributed by atoms with Gasteiger partial charge in [0.1, 0.15) is 12.4 Å². The average Bonchev–Trinajstić information content (AvgIpc) is 3.21. The number of para-hydroxylation sites is 1. The molecule has 0 spiro atoms. The summed E-state index contributed by atoms with van der Waals surface area (Å²) in [7, 11) is 0. The molecule has 8 aromatic rings. The van der Waals surface area contributed by atoms with Crippen LogP contribution in [0.15, 0.2) is 182 Å². The van der Waals surface area contributed by atoms with Gasteiger partial charge in [0.05, 0.1) is 11.4 Å². The van der Waals surface area contributed by atoms with Crippen molar-refractivity contribution < 1.29 is 4.74 Å². The first kappa shape index (κ1) is 29.6. The molecule has 236 valence electrons. The van der Waals surface area contributed by atoms with Crippen LogP contribution in [0.4, 0.5) is 0 Å². The molecule has 0 N–H and O–H groups in total. The molecule has 1 aliphatic heterocycles. The zero-order chi connectivity index (χ0) is 33.3. The highest BCUT2D eigenvalue weighted by Gasteiger charge is 2.21. The number of nitrogens with zero attached hydrogens (tertiary/aromatic N) is 2. The van der Waals surface area contributed by atoms with Crippen molar-refractivity contribution in [2.24, 2.45) is 0 Å². The highest BCUT2D eigenvalue weighted by Crippen LogP contribution is 2.43. The van der Waals surface area contributed by atoms with E-state index in [0.717, 1.165) is 56.1 Å². The predicted molar refractivity (Wildman–Crippen MR) is 204 cm³/mol. The maximum Gasteiger partial charge on any atom is 0.160 e. The van der Waals surface area contributed by atoms with E-state index in [1.165, 1.54) is 27.8 Å². The van der Waals surface area contributed by atoms with Gasteiger partial charge in [-0.05, 0) is 56.6 Å². The van der Waals surface area contributed by atoms with Crippen LogP contribution in [0.5, 0.6) is 5.75 Å². The van der Waals surface area contributed by atoms with Crippen molar-refractivity contribution in [1.82, 2.24) is 9.97 Å². The summed E-state index contributed by atoms with van der Waals surface area (Å²) in [6, 6.07) is 63.6. The maximum absolute atomic E-state index is 6.06. The molecule has 50 heavy (non-hydrogen) atoms. The van der Waals surface area contributed by atoms with Gasteiger partial charge in [-0.15, -0.1) is 0 Å². The molecule has 1 aliphatic rings. The quantitative estimate of drug-likeness (QED) is 0.181. The summed E-state index contributed by atoms with van der Waals surface area (Å²) >= 11 is 0. The molecule has 2 heterocycles. The van der Waals surface area contributed by atoms with Crippen molar-refractivity contribution in [3.8, 4) is 84.2 Å². The van der Waals surface area contributed by atoms with Crippen molar-refractivity contribution in [2.75, 3.05) is 0 Å². The van der Waals surface area contributed by atoms with Crippen LogP contribution in [0.25, 0.3) is 78.4 Å². The Morgan fingerprint density at radius 3 is 1.64 bits per heavy atom. The molecule has 3 nitrogen and oxygen atoms in total. The molecule has 0 bridgehead atoms. The van der Waals surface area contributed by atoms with E-state index >= 15 is 0 Å². The normalized spacial score (nSPS) is 11.7. The molecule has 9 rings (SSSR count). The van der Waals surface area contributed by atoms with Crippen LogP contribution in [-0.2, 0) is 6.61 Å². The molecule has 3 heteroatoms. The van der Waals surface area contributed by atoms with E-state index in [0.29, 0.717) is 12.4 Å². The smallest absolute Gasteiger partial charge is 0.160 e. The Labute approximate surface area is 292 Å². The lowest BCUT2D eigenvalue weighted by molar-refractivity contribution is 0.302. The summed E-state index contributed by atoms with van der Waals surface area (Å²) in [5.74, 6) is 1.61. The second-order valence-electron chi connectivity index (χ2n) is 12.5. The fourth-order valence-corrected chi connectivity index (χ4v) is 6.93. The lowest BCUT2D eigenvalue weighted by atomic mass is 9.89. The largest absolute Gasteiger partial charge is 0.488 e. The SMILES string of the molecule is c1ccc(-c2ccc(-c3cc(-c4ccccc4-c4ccccc4)nc(-c4ccc(-c5cccc6c5-c5ccccc5OC6)cc4)n3)cc2)cc1. The van der Waals surface area contributed by atoms with Crippen LogP contribution in [-0.4, -0.2) is 9.97 Å². The number of ether oxygens (including phenoxy) is 1. The maximum atomic E-state index is 6.06. The highest BCUT2D eigenvalue weighted by atomic mass is 16.5. The second-order valence-corrected chi connectivity index (χ2v) is 12.5. The van der Waals surface area contributed by atoms with E-state index in [4.69, 9.17) is 14.7 Å². The molecular formula is C47H32N2O. The highest BCUT2D eigenvalue weighted by molar-refractivity contribution is 5.90. The molecule has 0 fully saturated rings. The number of rotatable bonds is 6. The molecule has 1 aromatic heterocycles. The van der Waals surface area contributed by atoms with Crippen molar-refractivity contribution >= 4 is 0 Å². The first-order valence-corrected chi connectivity index (χ1v) is 16.9. The number of hydrogen-bond donors (Lipinski definition) is 0. The van der Waals surface area contributed by atoms with Gasteiger partial charge in [-0.25, -0.2) is 9.97 Å². The summed E-state index contributed by atoms with van der Waals surface area (Å²) in [4.78, 5) is 10.4. The lowest BCUT2D eigenvalue weighted by Gasteiger charge is -2.23. The summed E-state index contributed by atoms with van der Waals surface area (Å²) in [6.07, 6.45) is 0. The van der Waals surface area contributed by atoms with Gasteiger partial charge in [0.15, 0.2) is 5.82 Å². The lowest BCUT2D eigenvalue weighted by Crippen LogP contribution is -2.06. The van der Waals surface area contributed by atoms with Gasteiger partial charge >= 0.3 is 0 Å².